The van der Waals surface area contributed by atoms with Gasteiger partial charge in [-0.15, -0.1) is 0 Å². The second-order valence-electron chi connectivity index (χ2n) is 4.39. The van der Waals surface area contributed by atoms with Crippen LogP contribution in [0.5, 0.6) is 0 Å². The average molecular weight is 214 g/mol. The Morgan fingerprint density at radius 1 is 1.33 bits per heavy atom. The highest BCUT2D eigenvalue weighted by molar-refractivity contribution is 4.97. The van der Waals surface area contributed by atoms with Gasteiger partial charge in [0.25, 0.3) is 0 Å². The molecular formula is C12H22O3. The van der Waals surface area contributed by atoms with Crippen molar-refractivity contribution >= 4 is 0 Å². The Bertz CT molecular complexity index is 211. The van der Waals surface area contributed by atoms with Gasteiger partial charge >= 0.3 is 0 Å². The predicted octanol–water partition coefficient (Wildman–Crippen LogP) is 2.25. The zero-order valence-corrected chi connectivity index (χ0v) is 9.90. The van der Waals surface area contributed by atoms with Gasteiger partial charge in [-0.05, 0) is 20.3 Å². The molecule has 88 valence electrons. The summed E-state index contributed by atoms with van der Waals surface area (Å²) in [7, 11) is 0. The van der Waals surface area contributed by atoms with Crippen molar-refractivity contribution in [2.75, 3.05) is 6.61 Å². The normalized spacial score (nSPS) is 30.1. The van der Waals surface area contributed by atoms with Crippen LogP contribution in [0.2, 0.25) is 0 Å². The lowest BCUT2D eigenvalue weighted by molar-refractivity contribution is -0.143. The Morgan fingerprint density at radius 3 is 2.67 bits per heavy atom. The first-order valence-corrected chi connectivity index (χ1v) is 5.72. The average Bonchev–Trinajstić information content (AvgIpc) is 2.47. The molecule has 1 rings (SSSR count). The fourth-order valence-electron chi connectivity index (χ4n) is 1.85. The van der Waals surface area contributed by atoms with E-state index in [0.29, 0.717) is 0 Å². The van der Waals surface area contributed by atoms with Crippen LogP contribution in [-0.4, -0.2) is 29.7 Å². The first kappa shape index (κ1) is 12.7. The fraction of sp³-hybridized carbons (Fsp3) is 0.833. The molecule has 0 unspecified atom stereocenters. The zero-order valence-electron chi connectivity index (χ0n) is 9.90. The van der Waals surface area contributed by atoms with Gasteiger partial charge in [0.1, 0.15) is 6.10 Å². The summed E-state index contributed by atoms with van der Waals surface area (Å²) in [4.78, 5) is 0. The molecule has 15 heavy (non-hydrogen) atoms. The molecule has 0 aromatic heterocycles. The smallest absolute Gasteiger partial charge is 0.164 e. The van der Waals surface area contributed by atoms with E-state index in [0.717, 1.165) is 19.3 Å². The summed E-state index contributed by atoms with van der Waals surface area (Å²) in [5, 5.41) is 8.74. The third-order valence-electron chi connectivity index (χ3n) is 2.49. The molecule has 1 N–H and O–H groups in total. The summed E-state index contributed by atoms with van der Waals surface area (Å²) in [6.45, 7) is 6.08. The van der Waals surface area contributed by atoms with Crippen LogP contribution >= 0.6 is 0 Å². The summed E-state index contributed by atoms with van der Waals surface area (Å²) < 4.78 is 11.5. The largest absolute Gasteiger partial charge is 0.392 e. The van der Waals surface area contributed by atoms with E-state index in [9.17, 15) is 0 Å². The van der Waals surface area contributed by atoms with E-state index >= 15 is 0 Å². The zero-order chi connectivity index (χ0) is 11.3. The van der Waals surface area contributed by atoms with Crippen LogP contribution in [0.3, 0.4) is 0 Å². The highest BCUT2D eigenvalue weighted by Gasteiger charge is 2.39. The van der Waals surface area contributed by atoms with Crippen LogP contribution in [0.15, 0.2) is 12.2 Å². The molecule has 0 saturated carbocycles. The lowest BCUT2D eigenvalue weighted by Gasteiger charge is -2.16. The molecule has 1 aliphatic rings. The molecule has 0 aliphatic carbocycles. The lowest BCUT2D eigenvalue weighted by atomic mass is 10.1. The van der Waals surface area contributed by atoms with Crippen molar-refractivity contribution in [1.82, 2.24) is 0 Å². The first-order chi connectivity index (χ1) is 7.09. The van der Waals surface area contributed by atoms with E-state index in [2.05, 4.69) is 6.92 Å². The SMILES string of the molecule is CCCC[C@H]1OC(C)(C)O[C@@H]1/C=C/CO. The Balaban J connectivity index is 2.53. The maximum absolute atomic E-state index is 8.74. The quantitative estimate of drug-likeness (QED) is 0.713. The number of aliphatic hydroxyl groups is 1. The molecule has 0 aromatic carbocycles. The Hall–Kier alpha value is -0.380. The van der Waals surface area contributed by atoms with Crippen LogP contribution in [0.25, 0.3) is 0 Å². The van der Waals surface area contributed by atoms with Crippen LogP contribution in [-0.2, 0) is 9.47 Å². The Labute approximate surface area is 92.1 Å². The minimum Gasteiger partial charge on any atom is -0.392 e. The van der Waals surface area contributed by atoms with Crippen LogP contribution < -0.4 is 0 Å². The summed E-state index contributed by atoms with van der Waals surface area (Å²) >= 11 is 0. The van der Waals surface area contributed by atoms with E-state index in [-0.39, 0.29) is 18.8 Å². The molecule has 2 atom stereocenters. The Morgan fingerprint density at radius 2 is 2.07 bits per heavy atom. The van der Waals surface area contributed by atoms with Crippen molar-refractivity contribution in [3.8, 4) is 0 Å². The van der Waals surface area contributed by atoms with Gasteiger partial charge < -0.3 is 14.6 Å². The minimum absolute atomic E-state index is 0.0151. The topological polar surface area (TPSA) is 38.7 Å². The number of unbranched alkanes of at least 4 members (excludes halogenated alkanes) is 1. The van der Waals surface area contributed by atoms with E-state index in [1.54, 1.807) is 6.08 Å². The van der Waals surface area contributed by atoms with Gasteiger partial charge in [-0.1, -0.05) is 31.9 Å². The van der Waals surface area contributed by atoms with Crippen molar-refractivity contribution in [3.05, 3.63) is 12.2 Å². The first-order valence-electron chi connectivity index (χ1n) is 5.72. The summed E-state index contributed by atoms with van der Waals surface area (Å²) in [6, 6.07) is 0. The number of aliphatic hydroxyl groups excluding tert-OH is 1. The summed E-state index contributed by atoms with van der Waals surface area (Å²) in [6.07, 6.45) is 7.05. The molecule has 0 amide bonds. The van der Waals surface area contributed by atoms with Gasteiger partial charge in [-0.3, -0.25) is 0 Å². The van der Waals surface area contributed by atoms with E-state index < -0.39 is 5.79 Å². The molecule has 0 spiro atoms. The number of rotatable bonds is 5. The second-order valence-corrected chi connectivity index (χ2v) is 4.39. The van der Waals surface area contributed by atoms with Gasteiger partial charge in [0, 0.05) is 0 Å². The van der Waals surface area contributed by atoms with Gasteiger partial charge in [0.05, 0.1) is 12.7 Å². The highest BCUT2D eigenvalue weighted by atomic mass is 16.7. The predicted molar refractivity (Wildman–Crippen MR) is 59.6 cm³/mol. The lowest BCUT2D eigenvalue weighted by Crippen LogP contribution is -2.21. The van der Waals surface area contributed by atoms with Gasteiger partial charge in [0.15, 0.2) is 5.79 Å². The Kier molecular flexibility index (Phi) is 4.77. The summed E-state index contributed by atoms with van der Waals surface area (Å²) in [5.41, 5.74) is 0. The summed E-state index contributed by atoms with van der Waals surface area (Å²) in [5.74, 6) is -0.497. The van der Waals surface area contributed by atoms with Crippen LogP contribution in [0.4, 0.5) is 0 Å². The molecule has 1 saturated heterocycles. The van der Waals surface area contributed by atoms with Crippen molar-refractivity contribution in [2.24, 2.45) is 0 Å². The van der Waals surface area contributed by atoms with E-state index in [4.69, 9.17) is 14.6 Å². The molecule has 0 aromatic rings. The molecule has 3 nitrogen and oxygen atoms in total. The third-order valence-corrected chi connectivity index (χ3v) is 2.49. The van der Waals surface area contributed by atoms with Crippen LogP contribution in [0, 0.1) is 0 Å². The molecule has 1 fully saturated rings. The van der Waals surface area contributed by atoms with E-state index in [1.807, 2.05) is 19.9 Å². The maximum Gasteiger partial charge on any atom is 0.164 e. The highest BCUT2D eigenvalue weighted by Crippen LogP contribution is 2.31. The standard InChI is InChI=1S/C12H22O3/c1-4-5-7-10-11(8-6-9-13)15-12(2,3)14-10/h6,8,10-11,13H,4-5,7,9H2,1-3H3/b8-6+/t10-,11-/m1/s1. The van der Waals surface area contributed by atoms with Crippen molar-refractivity contribution in [3.63, 3.8) is 0 Å². The monoisotopic (exact) mass is 214 g/mol. The van der Waals surface area contributed by atoms with E-state index in [1.165, 1.54) is 0 Å². The van der Waals surface area contributed by atoms with Crippen molar-refractivity contribution in [1.29, 1.82) is 0 Å². The number of ether oxygens (including phenoxy) is 2. The van der Waals surface area contributed by atoms with Crippen LogP contribution in [0.1, 0.15) is 40.0 Å². The molecule has 3 heteroatoms. The third kappa shape index (κ3) is 3.93. The molecule has 1 aliphatic heterocycles. The molecule has 1 heterocycles. The van der Waals surface area contributed by atoms with Gasteiger partial charge in [-0.25, -0.2) is 0 Å². The number of hydrogen-bond acceptors (Lipinski definition) is 3. The maximum atomic E-state index is 8.74. The van der Waals surface area contributed by atoms with Gasteiger partial charge in [0.2, 0.25) is 0 Å². The molecular weight excluding hydrogens is 192 g/mol. The minimum atomic E-state index is -0.497. The molecule has 0 bridgehead atoms. The molecule has 0 radical (unpaired) electrons. The second kappa shape index (κ2) is 5.64. The fourth-order valence-corrected chi connectivity index (χ4v) is 1.85. The van der Waals surface area contributed by atoms with Gasteiger partial charge in [-0.2, -0.15) is 0 Å². The number of hydrogen-bond donors (Lipinski definition) is 1. The van der Waals surface area contributed by atoms with Crippen molar-refractivity contribution in [2.45, 2.75) is 58.0 Å². The van der Waals surface area contributed by atoms with Crippen molar-refractivity contribution < 1.29 is 14.6 Å².